The van der Waals surface area contributed by atoms with E-state index in [0.717, 1.165) is 6.07 Å². The number of carboxylic acid groups (broad SMARTS) is 1. The zero-order valence-corrected chi connectivity index (χ0v) is 9.17. The van der Waals surface area contributed by atoms with Crippen LogP contribution < -0.4 is 0 Å². The fourth-order valence-corrected chi connectivity index (χ4v) is 2.39. The van der Waals surface area contributed by atoms with Gasteiger partial charge >= 0.3 is 5.97 Å². The predicted molar refractivity (Wildman–Crippen MR) is 59.1 cm³/mol. The van der Waals surface area contributed by atoms with E-state index in [4.69, 9.17) is 11.6 Å². The molecule has 0 aliphatic heterocycles. The van der Waals surface area contributed by atoms with Crippen LogP contribution in [0.4, 0.5) is 4.39 Å². The van der Waals surface area contributed by atoms with Gasteiger partial charge in [0, 0.05) is 5.02 Å². The molecular weight excluding hydrogens is 231 g/mol. The number of hydrogen-bond donors (Lipinski definition) is 1. The molecule has 1 aliphatic rings. The first-order valence-corrected chi connectivity index (χ1v) is 5.28. The Morgan fingerprint density at radius 2 is 2.00 bits per heavy atom. The summed E-state index contributed by atoms with van der Waals surface area (Å²) in [6, 6.07) is 3.85. The monoisotopic (exact) mass is 240 g/mol. The number of carboxylic acids is 1. The Balaban J connectivity index is 2.52. The number of halogens is 2. The van der Waals surface area contributed by atoms with E-state index in [1.54, 1.807) is 0 Å². The highest BCUT2D eigenvalue weighted by atomic mass is 35.5. The van der Waals surface area contributed by atoms with Crippen molar-refractivity contribution in [1.82, 2.24) is 0 Å². The van der Waals surface area contributed by atoms with Crippen molar-refractivity contribution in [2.45, 2.75) is 18.3 Å². The molecule has 0 atom stereocenters. The molecule has 1 aliphatic carbocycles. The van der Waals surface area contributed by atoms with Crippen LogP contribution >= 0.6 is 11.6 Å². The molecule has 0 bridgehead atoms. The van der Waals surface area contributed by atoms with Gasteiger partial charge in [0.15, 0.2) is 0 Å². The van der Waals surface area contributed by atoms with Gasteiger partial charge in [-0.25, -0.2) is 4.39 Å². The van der Waals surface area contributed by atoms with Crippen molar-refractivity contribution < 1.29 is 14.3 Å². The summed E-state index contributed by atoms with van der Waals surface area (Å²) in [5, 5.41) is 9.49. The molecule has 1 aromatic carbocycles. The van der Waals surface area contributed by atoms with E-state index >= 15 is 0 Å². The first-order chi connectivity index (χ1) is 7.56. The average Bonchev–Trinajstić information content (AvgIpc) is 2.67. The Bertz CT molecular complexity index is 460. The zero-order valence-electron chi connectivity index (χ0n) is 8.41. The topological polar surface area (TPSA) is 37.3 Å². The number of rotatable bonds is 2. The highest BCUT2D eigenvalue weighted by Crippen LogP contribution is 2.40. The molecule has 84 valence electrons. The van der Waals surface area contributed by atoms with E-state index in [2.05, 4.69) is 0 Å². The standard InChI is InChI=1S/C12H10ClFO2/c13-10-7-8(14)3-4-9(10)12(11(15)16)5-1-2-6-12/h1-4,7H,5-6H2,(H,15,16). The lowest BCUT2D eigenvalue weighted by molar-refractivity contribution is -0.143. The molecule has 0 radical (unpaired) electrons. The summed E-state index contributed by atoms with van der Waals surface area (Å²) >= 11 is 5.91. The Morgan fingerprint density at radius 1 is 1.38 bits per heavy atom. The third kappa shape index (κ3) is 1.61. The summed E-state index contributed by atoms with van der Waals surface area (Å²) in [5.41, 5.74) is -0.543. The summed E-state index contributed by atoms with van der Waals surface area (Å²) in [6.45, 7) is 0. The van der Waals surface area contributed by atoms with Crippen LogP contribution in [-0.2, 0) is 10.2 Å². The van der Waals surface area contributed by atoms with Gasteiger partial charge in [-0.3, -0.25) is 4.79 Å². The van der Waals surface area contributed by atoms with Crippen LogP contribution in [0.5, 0.6) is 0 Å². The maximum absolute atomic E-state index is 12.9. The molecule has 0 fully saturated rings. The van der Waals surface area contributed by atoms with Gasteiger partial charge in [0.2, 0.25) is 0 Å². The molecule has 0 amide bonds. The molecule has 4 heteroatoms. The van der Waals surface area contributed by atoms with Gasteiger partial charge in [-0.15, -0.1) is 0 Å². The number of carbonyl (C=O) groups is 1. The fourth-order valence-electron chi connectivity index (χ4n) is 2.04. The Labute approximate surface area is 97.4 Å². The van der Waals surface area contributed by atoms with Crippen LogP contribution in [0, 0.1) is 5.82 Å². The van der Waals surface area contributed by atoms with Crippen molar-refractivity contribution in [2.24, 2.45) is 0 Å². The van der Waals surface area contributed by atoms with Crippen molar-refractivity contribution in [3.05, 3.63) is 46.8 Å². The van der Waals surface area contributed by atoms with Gasteiger partial charge in [-0.05, 0) is 30.5 Å². The summed E-state index contributed by atoms with van der Waals surface area (Å²) in [5.74, 6) is -1.38. The van der Waals surface area contributed by atoms with E-state index < -0.39 is 17.2 Å². The second-order valence-electron chi connectivity index (χ2n) is 3.89. The van der Waals surface area contributed by atoms with E-state index in [9.17, 15) is 14.3 Å². The number of aliphatic carboxylic acids is 1. The van der Waals surface area contributed by atoms with Gasteiger partial charge in [0.25, 0.3) is 0 Å². The minimum atomic E-state index is -1.02. The van der Waals surface area contributed by atoms with Crippen molar-refractivity contribution in [2.75, 3.05) is 0 Å². The smallest absolute Gasteiger partial charge is 0.314 e. The molecular formula is C12H10ClFO2. The van der Waals surface area contributed by atoms with Crippen LogP contribution in [0.15, 0.2) is 30.4 Å². The minimum Gasteiger partial charge on any atom is -0.481 e. The maximum Gasteiger partial charge on any atom is 0.314 e. The summed E-state index contributed by atoms with van der Waals surface area (Å²) < 4.78 is 12.9. The van der Waals surface area contributed by atoms with E-state index in [-0.39, 0.29) is 5.02 Å². The largest absolute Gasteiger partial charge is 0.481 e. The molecule has 0 spiro atoms. The van der Waals surface area contributed by atoms with Gasteiger partial charge in [0.1, 0.15) is 11.2 Å². The van der Waals surface area contributed by atoms with Crippen molar-refractivity contribution in [3.8, 4) is 0 Å². The van der Waals surface area contributed by atoms with Gasteiger partial charge in [-0.2, -0.15) is 0 Å². The third-order valence-electron chi connectivity index (χ3n) is 2.96. The quantitative estimate of drug-likeness (QED) is 0.807. The van der Waals surface area contributed by atoms with Gasteiger partial charge < -0.3 is 5.11 Å². The second kappa shape index (κ2) is 3.91. The Morgan fingerprint density at radius 3 is 2.50 bits per heavy atom. The van der Waals surface area contributed by atoms with E-state index in [1.807, 2.05) is 12.2 Å². The first kappa shape index (κ1) is 11.1. The summed E-state index contributed by atoms with van der Waals surface area (Å²) in [6.07, 6.45) is 4.42. The SMILES string of the molecule is O=C(O)C1(c2ccc(F)cc2Cl)CC=CC1. The van der Waals surface area contributed by atoms with Crippen LogP contribution in [0.25, 0.3) is 0 Å². The average molecular weight is 241 g/mol. The first-order valence-electron chi connectivity index (χ1n) is 4.90. The van der Waals surface area contributed by atoms with Crippen molar-refractivity contribution in [1.29, 1.82) is 0 Å². The molecule has 0 aromatic heterocycles. The Hall–Kier alpha value is -1.35. The Kier molecular flexibility index (Phi) is 2.72. The molecule has 0 saturated heterocycles. The van der Waals surface area contributed by atoms with E-state index in [0.29, 0.717) is 18.4 Å². The van der Waals surface area contributed by atoms with Gasteiger partial charge in [-0.1, -0.05) is 29.8 Å². The van der Waals surface area contributed by atoms with E-state index in [1.165, 1.54) is 12.1 Å². The minimum absolute atomic E-state index is 0.172. The molecule has 0 saturated carbocycles. The predicted octanol–water partition coefficient (Wildman–Crippen LogP) is 3.15. The van der Waals surface area contributed by atoms with Crippen LogP contribution in [0.2, 0.25) is 5.02 Å². The van der Waals surface area contributed by atoms with Crippen LogP contribution in [-0.4, -0.2) is 11.1 Å². The molecule has 0 unspecified atom stereocenters. The molecule has 2 rings (SSSR count). The molecule has 1 aromatic rings. The third-order valence-corrected chi connectivity index (χ3v) is 3.27. The highest BCUT2D eigenvalue weighted by Gasteiger charge is 2.42. The zero-order chi connectivity index (χ0) is 11.8. The van der Waals surface area contributed by atoms with Crippen LogP contribution in [0.3, 0.4) is 0 Å². The molecule has 0 heterocycles. The summed E-state index contributed by atoms with van der Waals surface area (Å²) in [7, 11) is 0. The highest BCUT2D eigenvalue weighted by molar-refractivity contribution is 6.31. The summed E-state index contributed by atoms with van der Waals surface area (Å²) in [4.78, 5) is 11.4. The van der Waals surface area contributed by atoms with Crippen molar-refractivity contribution in [3.63, 3.8) is 0 Å². The molecule has 1 N–H and O–H groups in total. The van der Waals surface area contributed by atoms with Crippen molar-refractivity contribution >= 4 is 17.6 Å². The number of hydrogen-bond acceptors (Lipinski definition) is 1. The lowest BCUT2D eigenvalue weighted by Gasteiger charge is -2.25. The normalized spacial score (nSPS) is 17.6. The molecule has 16 heavy (non-hydrogen) atoms. The molecule has 2 nitrogen and oxygen atoms in total. The number of allylic oxidation sites excluding steroid dienone is 2. The van der Waals surface area contributed by atoms with Gasteiger partial charge in [0.05, 0.1) is 0 Å². The number of benzene rings is 1. The second-order valence-corrected chi connectivity index (χ2v) is 4.30. The van der Waals surface area contributed by atoms with Crippen LogP contribution in [0.1, 0.15) is 18.4 Å². The lowest BCUT2D eigenvalue weighted by Crippen LogP contribution is -2.33. The fraction of sp³-hybridized carbons (Fsp3) is 0.250. The maximum atomic E-state index is 12.9. The lowest BCUT2D eigenvalue weighted by atomic mass is 9.78.